The standard InChI is InChI=1S/C6H8NO/c7-6(8)5-3-1-2-4-5/h3,7H,1-2,4H2. The maximum absolute atomic E-state index is 10.2. The summed E-state index contributed by atoms with van der Waals surface area (Å²) in [5, 5.41) is 0. The number of hydrogen-bond donors (Lipinski definition) is 0. The van der Waals surface area contributed by atoms with E-state index in [2.05, 4.69) is 0 Å². The van der Waals surface area contributed by atoms with Crippen molar-refractivity contribution < 1.29 is 4.79 Å². The van der Waals surface area contributed by atoms with Crippen LogP contribution in [0.2, 0.25) is 0 Å². The highest BCUT2D eigenvalue weighted by Crippen LogP contribution is 2.16. The summed E-state index contributed by atoms with van der Waals surface area (Å²) in [5.41, 5.74) is 7.37. The van der Waals surface area contributed by atoms with Gasteiger partial charge in [-0.1, -0.05) is 6.08 Å². The van der Waals surface area contributed by atoms with Crippen LogP contribution in [0, 0.1) is 0 Å². The van der Waals surface area contributed by atoms with E-state index in [1.165, 1.54) is 0 Å². The van der Waals surface area contributed by atoms with Gasteiger partial charge >= 0.3 is 0 Å². The zero-order valence-electron chi connectivity index (χ0n) is 4.61. The summed E-state index contributed by atoms with van der Waals surface area (Å²) in [7, 11) is 0. The fourth-order valence-electron chi connectivity index (χ4n) is 0.877. The SMILES string of the molecule is [NH]C(=O)C1=CCCC1. The van der Waals surface area contributed by atoms with Crippen LogP contribution in [0.1, 0.15) is 19.3 Å². The molecule has 43 valence electrons. The minimum absolute atomic E-state index is 0.498. The van der Waals surface area contributed by atoms with Crippen molar-refractivity contribution in [1.82, 2.24) is 5.73 Å². The third-order valence-electron chi connectivity index (χ3n) is 1.33. The molecule has 1 radical (unpaired) electrons. The molecule has 0 unspecified atom stereocenters. The number of hydrogen-bond acceptors (Lipinski definition) is 1. The van der Waals surface area contributed by atoms with Crippen molar-refractivity contribution in [2.24, 2.45) is 0 Å². The second-order valence-electron chi connectivity index (χ2n) is 1.95. The Morgan fingerprint density at radius 1 is 1.75 bits per heavy atom. The lowest BCUT2D eigenvalue weighted by Crippen LogP contribution is -1.98. The van der Waals surface area contributed by atoms with Gasteiger partial charge in [0.15, 0.2) is 0 Å². The van der Waals surface area contributed by atoms with Crippen LogP contribution in [0.25, 0.3) is 0 Å². The molecule has 0 aliphatic heterocycles. The summed E-state index contributed by atoms with van der Waals surface area (Å²) < 4.78 is 0. The Labute approximate surface area is 48.4 Å². The van der Waals surface area contributed by atoms with E-state index >= 15 is 0 Å². The second kappa shape index (κ2) is 1.99. The van der Waals surface area contributed by atoms with Gasteiger partial charge in [-0.25, -0.2) is 0 Å². The molecule has 1 aliphatic carbocycles. The van der Waals surface area contributed by atoms with Gasteiger partial charge in [0.1, 0.15) is 0 Å². The highest BCUT2D eigenvalue weighted by Gasteiger charge is 2.08. The zero-order chi connectivity index (χ0) is 5.98. The lowest BCUT2D eigenvalue weighted by molar-refractivity contribution is -0.115. The van der Waals surface area contributed by atoms with Crippen molar-refractivity contribution in [1.29, 1.82) is 0 Å². The molecule has 0 saturated heterocycles. The van der Waals surface area contributed by atoms with Crippen molar-refractivity contribution in [3.8, 4) is 0 Å². The lowest BCUT2D eigenvalue weighted by Gasteiger charge is -1.87. The maximum Gasteiger partial charge on any atom is 0.265 e. The zero-order valence-corrected chi connectivity index (χ0v) is 4.61. The molecule has 0 saturated carbocycles. The van der Waals surface area contributed by atoms with E-state index in [1.807, 2.05) is 6.08 Å². The summed E-state index contributed by atoms with van der Waals surface area (Å²) in [5.74, 6) is -0.498. The Morgan fingerprint density at radius 3 is 2.75 bits per heavy atom. The Balaban J connectivity index is 2.57. The number of rotatable bonds is 1. The molecule has 0 aromatic rings. The Morgan fingerprint density at radius 2 is 2.50 bits per heavy atom. The molecule has 0 fully saturated rings. The summed E-state index contributed by atoms with van der Waals surface area (Å²) >= 11 is 0. The van der Waals surface area contributed by atoms with Gasteiger partial charge in [-0.05, 0) is 19.3 Å². The molecular formula is C6H8NO. The summed E-state index contributed by atoms with van der Waals surface area (Å²) in [6.07, 6.45) is 4.72. The van der Waals surface area contributed by atoms with Crippen molar-refractivity contribution in [2.75, 3.05) is 0 Å². The first kappa shape index (κ1) is 5.35. The third-order valence-corrected chi connectivity index (χ3v) is 1.33. The van der Waals surface area contributed by atoms with Gasteiger partial charge < -0.3 is 0 Å². The molecule has 0 spiro atoms. The molecule has 2 nitrogen and oxygen atoms in total. The molecule has 1 N–H and O–H groups in total. The Bertz CT molecular complexity index is 137. The summed E-state index contributed by atoms with van der Waals surface area (Å²) in [6.45, 7) is 0. The lowest BCUT2D eigenvalue weighted by atomic mass is 10.2. The number of allylic oxidation sites excluding steroid dienone is 1. The van der Waals surface area contributed by atoms with Gasteiger partial charge in [0.25, 0.3) is 5.91 Å². The molecular weight excluding hydrogens is 102 g/mol. The smallest absolute Gasteiger partial charge is 0.265 e. The average Bonchev–Trinajstić information content (AvgIpc) is 2.12. The topological polar surface area (TPSA) is 40.9 Å². The normalized spacial score (nSPS) is 18.2. The minimum atomic E-state index is -0.498. The summed E-state index contributed by atoms with van der Waals surface area (Å²) in [4.78, 5) is 10.2. The predicted octanol–water partition coefficient (Wildman–Crippen LogP) is 0.906. The van der Waals surface area contributed by atoms with Crippen LogP contribution in [0.15, 0.2) is 11.6 Å². The number of nitrogens with one attached hydrogen (secondary N) is 1. The van der Waals surface area contributed by atoms with Crippen LogP contribution in [-0.4, -0.2) is 5.91 Å². The highest BCUT2D eigenvalue weighted by atomic mass is 16.1. The molecule has 1 rings (SSSR count). The van der Waals surface area contributed by atoms with Crippen LogP contribution in [-0.2, 0) is 4.79 Å². The highest BCUT2D eigenvalue weighted by molar-refractivity contribution is 5.91. The molecule has 0 aromatic carbocycles. The van der Waals surface area contributed by atoms with E-state index in [0.717, 1.165) is 19.3 Å². The van der Waals surface area contributed by atoms with Crippen LogP contribution in [0.4, 0.5) is 0 Å². The Hall–Kier alpha value is -0.790. The molecule has 1 amide bonds. The van der Waals surface area contributed by atoms with E-state index in [0.29, 0.717) is 5.57 Å². The number of carbonyl (C=O) groups is 1. The molecule has 0 atom stereocenters. The van der Waals surface area contributed by atoms with Crippen LogP contribution in [0.5, 0.6) is 0 Å². The van der Waals surface area contributed by atoms with E-state index in [9.17, 15) is 4.79 Å². The van der Waals surface area contributed by atoms with Gasteiger partial charge in [0.2, 0.25) is 0 Å². The van der Waals surface area contributed by atoms with Gasteiger partial charge in [-0.15, -0.1) is 0 Å². The molecule has 2 heteroatoms. The average molecular weight is 110 g/mol. The van der Waals surface area contributed by atoms with E-state index < -0.39 is 5.91 Å². The van der Waals surface area contributed by atoms with Crippen LogP contribution >= 0.6 is 0 Å². The largest absolute Gasteiger partial charge is 0.268 e. The Kier molecular flexibility index (Phi) is 1.33. The van der Waals surface area contributed by atoms with E-state index in [1.54, 1.807) is 0 Å². The van der Waals surface area contributed by atoms with Gasteiger partial charge in [0, 0.05) is 5.57 Å². The molecule has 0 aromatic heterocycles. The maximum atomic E-state index is 10.2. The van der Waals surface area contributed by atoms with Gasteiger partial charge in [0.05, 0.1) is 0 Å². The fraction of sp³-hybridized carbons (Fsp3) is 0.500. The number of carbonyl (C=O) groups excluding carboxylic acids is 1. The molecule has 8 heavy (non-hydrogen) atoms. The van der Waals surface area contributed by atoms with Crippen molar-refractivity contribution >= 4 is 5.91 Å². The quantitative estimate of drug-likeness (QED) is 0.494. The van der Waals surface area contributed by atoms with E-state index in [-0.39, 0.29) is 0 Å². The molecule has 1 aliphatic rings. The van der Waals surface area contributed by atoms with Crippen molar-refractivity contribution in [3.63, 3.8) is 0 Å². The van der Waals surface area contributed by atoms with E-state index in [4.69, 9.17) is 5.73 Å². The first-order valence-electron chi connectivity index (χ1n) is 2.75. The van der Waals surface area contributed by atoms with Crippen LogP contribution in [0.3, 0.4) is 0 Å². The second-order valence-corrected chi connectivity index (χ2v) is 1.95. The summed E-state index contributed by atoms with van der Waals surface area (Å²) in [6, 6.07) is 0. The van der Waals surface area contributed by atoms with Gasteiger partial charge in [-0.3, -0.25) is 10.5 Å². The monoisotopic (exact) mass is 110 g/mol. The number of amides is 1. The third kappa shape index (κ3) is 0.886. The minimum Gasteiger partial charge on any atom is -0.268 e. The van der Waals surface area contributed by atoms with Gasteiger partial charge in [-0.2, -0.15) is 0 Å². The predicted molar refractivity (Wildman–Crippen MR) is 30.0 cm³/mol. The fourth-order valence-corrected chi connectivity index (χ4v) is 0.877. The molecule has 0 bridgehead atoms. The van der Waals surface area contributed by atoms with Crippen LogP contribution < -0.4 is 5.73 Å². The van der Waals surface area contributed by atoms with Crippen molar-refractivity contribution in [2.45, 2.75) is 19.3 Å². The molecule has 0 heterocycles. The first-order chi connectivity index (χ1) is 3.80. The first-order valence-corrected chi connectivity index (χ1v) is 2.75. The van der Waals surface area contributed by atoms with Crippen molar-refractivity contribution in [3.05, 3.63) is 11.6 Å².